The topological polar surface area (TPSA) is 21.3 Å². The lowest BCUT2D eigenvalue weighted by Crippen LogP contribution is -2.24. The van der Waals surface area contributed by atoms with Gasteiger partial charge >= 0.3 is 0 Å². The van der Waals surface area contributed by atoms with Crippen LogP contribution in [0.3, 0.4) is 0 Å². The van der Waals surface area contributed by atoms with Crippen molar-refractivity contribution in [2.24, 2.45) is 5.92 Å². The van der Waals surface area contributed by atoms with Gasteiger partial charge in [0.25, 0.3) is 0 Å². The number of hydrogen-bond acceptors (Lipinski definition) is 2. The summed E-state index contributed by atoms with van der Waals surface area (Å²) in [4.78, 5) is 0. The number of nitrogens with one attached hydrogen (secondary N) is 1. The van der Waals surface area contributed by atoms with E-state index in [1.54, 1.807) is 0 Å². The zero-order chi connectivity index (χ0) is 14.7. The van der Waals surface area contributed by atoms with E-state index < -0.39 is 0 Å². The molecule has 0 aliphatic heterocycles. The van der Waals surface area contributed by atoms with Crippen LogP contribution < -0.4 is 10.1 Å². The van der Waals surface area contributed by atoms with Crippen molar-refractivity contribution < 1.29 is 4.74 Å². The Morgan fingerprint density at radius 1 is 1.14 bits per heavy atom. The lowest BCUT2D eigenvalue weighted by atomic mass is 9.86. The van der Waals surface area contributed by atoms with Crippen molar-refractivity contribution in [3.8, 4) is 5.75 Å². The van der Waals surface area contributed by atoms with Crippen molar-refractivity contribution >= 4 is 11.6 Å². The van der Waals surface area contributed by atoms with Crippen LogP contribution in [0.25, 0.3) is 0 Å². The summed E-state index contributed by atoms with van der Waals surface area (Å²) in [6, 6.07) is 6.95. The smallest absolute Gasteiger partial charge is 0.138 e. The molecule has 21 heavy (non-hydrogen) atoms. The fraction of sp³-hybridized carbons (Fsp3) is 0.667. The fourth-order valence-corrected chi connectivity index (χ4v) is 3.38. The average molecular weight is 308 g/mol. The van der Waals surface area contributed by atoms with Crippen LogP contribution in [-0.2, 0) is 6.54 Å². The Bertz CT molecular complexity index is 464. The van der Waals surface area contributed by atoms with E-state index in [-0.39, 0.29) is 0 Å². The predicted octanol–water partition coefficient (Wildman–Crippen LogP) is 4.94. The van der Waals surface area contributed by atoms with E-state index >= 15 is 0 Å². The number of ether oxygens (including phenoxy) is 1. The van der Waals surface area contributed by atoms with Crippen LogP contribution in [-0.4, -0.2) is 12.1 Å². The van der Waals surface area contributed by atoms with E-state index in [0.29, 0.717) is 6.10 Å². The molecule has 1 N–H and O–H groups in total. The molecule has 0 saturated heterocycles. The maximum absolute atomic E-state index is 6.38. The van der Waals surface area contributed by atoms with Gasteiger partial charge in [-0.05, 0) is 62.1 Å². The molecule has 0 spiro atoms. The van der Waals surface area contributed by atoms with Crippen LogP contribution >= 0.6 is 11.6 Å². The quantitative estimate of drug-likeness (QED) is 0.803. The summed E-state index contributed by atoms with van der Waals surface area (Å²) in [5, 5.41) is 4.27. The van der Waals surface area contributed by atoms with Crippen molar-refractivity contribution in [2.75, 3.05) is 0 Å². The standard InChI is InChI=1S/C18H26ClNO/c1-2-13-3-8-16(9-4-13)21-18-10-5-14(11-17(18)19)12-20-15-6-7-15/h5,10-11,13,15-16,20H,2-4,6-9,12H2,1H3. The van der Waals surface area contributed by atoms with Crippen LogP contribution in [0.2, 0.25) is 5.02 Å². The van der Waals surface area contributed by atoms with Gasteiger partial charge in [-0.1, -0.05) is 31.0 Å². The van der Waals surface area contributed by atoms with E-state index in [9.17, 15) is 0 Å². The Morgan fingerprint density at radius 3 is 2.52 bits per heavy atom. The monoisotopic (exact) mass is 307 g/mol. The highest BCUT2D eigenvalue weighted by Gasteiger charge is 2.22. The second-order valence-electron chi connectivity index (χ2n) is 6.59. The molecule has 2 aliphatic carbocycles. The molecule has 0 bridgehead atoms. The third kappa shape index (κ3) is 4.37. The minimum atomic E-state index is 0.348. The van der Waals surface area contributed by atoms with Gasteiger partial charge in [0.2, 0.25) is 0 Å². The Kier molecular flexibility index (Phi) is 5.07. The summed E-state index contributed by atoms with van der Waals surface area (Å²) in [6.45, 7) is 3.20. The van der Waals surface area contributed by atoms with Gasteiger partial charge in [-0.2, -0.15) is 0 Å². The molecule has 0 atom stereocenters. The highest BCUT2D eigenvalue weighted by molar-refractivity contribution is 6.32. The van der Waals surface area contributed by atoms with Crippen molar-refractivity contribution in [3.63, 3.8) is 0 Å². The van der Waals surface area contributed by atoms with Gasteiger partial charge in [0, 0.05) is 12.6 Å². The molecule has 0 aromatic heterocycles. The second kappa shape index (κ2) is 7.02. The molecule has 1 aromatic carbocycles. The summed E-state index contributed by atoms with van der Waals surface area (Å²) in [5.74, 6) is 1.75. The van der Waals surface area contributed by atoms with Crippen molar-refractivity contribution in [1.29, 1.82) is 0 Å². The number of hydrogen-bond donors (Lipinski definition) is 1. The highest BCUT2D eigenvalue weighted by atomic mass is 35.5. The van der Waals surface area contributed by atoms with Gasteiger partial charge in [0.05, 0.1) is 11.1 Å². The molecule has 2 saturated carbocycles. The molecule has 0 unspecified atom stereocenters. The first-order valence-corrected chi connectivity index (χ1v) is 8.81. The predicted molar refractivity (Wildman–Crippen MR) is 88.0 cm³/mol. The SMILES string of the molecule is CCC1CCC(Oc2ccc(CNC3CC3)cc2Cl)CC1. The van der Waals surface area contributed by atoms with E-state index in [1.165, 1.54) is 50.5 Å². The number of rotatable bonds is 6. The van der Waals surface area contributed by atoms with Crippen LogP contribution in [0, 0.1) is 5.92 Å². The largest absolute Gasteiger partial charge is 0.489 e. The summed E-state index contributed by atoms with van der Waals surface area (Å²) in [7, 11) is 0. The fourth-order valence-electron chi connectivity index (χ4n) is 3.14. The summed E-state index contributed by atoms with van der Waals surface area (Å²) >= 11 is 6.38. The third-order valence-electron chi connectivity index (χ3n) is 4.83. The molecule has 2 fully saturated rings. The summed E-state index contributed by atoms with van der Waals surface area (Å²) in [5.41, 5.74) is 1.24. The van der Waals surface area contributed by atoms with Gasteiger partial charge < -0.3 is 10.1 Å². The average Bonchev–Trinajstić information content (AvgIpc) is 3.33. The molecule has 0 amide bonds. The van der Waals surface area contributed by atoms with Gasteiger partial charge in [-0.3, -0.25) is 0 Å². The molecule has 3 rings (SSSR count). The Labute approximate surface area is 133 Å². The molecular weight excluding hydrogens is 282 g/mol. The molecule has 1 aromatic rings. The first kappa shape index (κ1) is 15.2. The van der Waals surface area contributed by atoms with Crippen molar-refractivity contribution in [2.45, 2.75) is 70.6 Å². The lowest BCUT2D eigenvalue weighted by Gasteiger charge is -2.28. The summed E-state index contributed by atoms with van der Waals surface area (Å²) in [6.07, 6.45) is 9.20. The second-order valence-corrected chi connectivity index (χ2v) is 7.00. The maximum Gasteiger partial charge on any atom is 0.138 e. The Balaban J connectivity index is 1.52. The van der Waals surface area contributed by atoms with E-state index in [1.807, 2.05) is 12.1 Å². The molecule has 116 valence electrons. The number of halogens is 1. The minimum absolute atomic E-state index is 0.348. The lowest BCUT2D eigenvalue weighted by molar-refractivity contribution is 0.130. The van der Waals surface area contributed by atoms with E-state index in [0.717, 1.165) is 29.3 Å². The Morgan fingerprint density at radius 2 is 1.90 bits per heavy atom. The van der Waals surface area contributed by atoms with Crippen LogP contribution in [0.15, 0.2) is 18.2 Å². The van der Waals surface area contributed by atoms with Crippen molar-refractivity contribution in [1.82, 2.24) is 5.32 Å². The van der Waals surface area contributed by atoms with Gasteiger partial charge in [-0.25, -0.2) is 0 Å². The maximum atomic E-state index is 6.38. The highest BCUT2D eigenvalue weighted by Crippen LogP contribution is 2.32. The van der Waals surface area contributed by atoms with Gasteiger partial charge in [0.15, 0.2) is 0 Å². The normalized spacial score (nSPS) is 25.8. The first-order valence-electron chi connectivity index (χ1n) is 8.43. The third-order valence-corrected chi connectivity index (χ3v) is 5.13. The van der Waals surface area contributed by atoms with Crippen LogP contribution in [0.4, 0.5) is 0 Å². The first-order chi connectivity index (χ1) is 10.2. The molecule has 3 heteroatoms. The Hall–Kier alpha value is -0.730. The van der Waals surface area contributed by atoms with Gasteiger partial charge in [0.1, 0.15) is 5.75 Å². The van der Waals surface area contributed by atoms with Crippen LogP contribution in [0.5, 0.6) is 5.75 Å². The minimum Gasteiger partial charge on any atom is -0.489 e. The molecule has 0 heterocycles. The zero-order valence-electron chi connectivity index (χ0n) is 12.9. The van der Waals surface area contributed by atoms with E-state index in [2.05, 4.69) is 18.3 Å². The molecule has 0 radical (unpaired) electrons. The molecule has 2 aliphatic rings. The van der Waals surface area contributed by atoms with E-state index in [4.69, 9.17) is 16.3 Å². The number of benzene rings is 1. The van der Waals surface area contributed by atoms with Gasteiger partial charge in [-0.15, -0.1) is 0 Å². The zero-order valence-corrected chi connectivity index (χ0v) is 13.7. The molecule has 2 nitrogen and oxygen atoms in total. The van der Waals surface area contributed by atoms with Crippen molar-refractivity contribution in [3.05, 3.63) is 28.8 Å². The molecular formula is C18H26ClNO. The summed E-state index contributed by atoms with van der Waals surface area (Å²) < 4.78 is 6.12. The van der Waals surface area contributed by atoms with Crippen LogP contribution in [0.1, 0.15) is 57.4 Å².